The Labute approximate surface area is 206 Å². The zero-order chi connectivity index (χ0) is 27.7. The normalized spacial score (nSPS) is 18.4. The van der Waals surface area contributed by atoms with E-state index < -0.39 is 65.4 Å². The van der Waals surface area contributed by atoms with Crippen molar-refractivity contribution in [1.82, 2.24) is 9.80 Å². The van der Waals surface area contributed by atoms with E-state index in [0.29, 0.717) is 17.7 Å². The molecule has 0 saturated carbocycles. The van der Waals surface area contributed by atoms with Gasteiger partial charge in [-0.25, -0.2) is 4.39 Å². The van der Waals surface area contributed by atoms with Gasteiger partial charge in [0.1, 0.15) is 5.82 Å². The Morgan fingerprint density at radius 1 is 0.973 bits per heavy atom. The third-order valence-electron chi connectivity index (χ3n) is 6.17. The summed E-state index contributed by atoms with van der Waals surface area (Å²) in [5.74, 6) is -4.94. The molecule has 0 aromatic heterocycles. The highest BCUT2D eigenvalue weighted by molar-refractivity contribution is 6.34. The van der Waals surface area contributed by atoms with Crippen LogP contribution in [0.4, 0.5) is 30.7 Å². The smallest absolute Gasteiger partial charge is 0.361 e. The fraction of sp³-hybridized carbons (Fsp3) is 0.375. The number of carbonyl (C=O) groups is 3. The Morgan fingerprint density at radius 2 is 1.51 bits per heavy atom. The van der Waals surface area contributed by atoms with E-state index in [2.05, 4.69) is 0 Å². The minimum atomic E-state index is -5.04. The second kappa shape index (κ2) is 10.4. The molecule has 1 fully saturated rings. The standard InChI is InChI=1S/C24H22F7N3O3/c1-33(11-13-8-15(23(26,27)28)10-16(9-13)24(29,30)31)21(36)18-6-7-34(22(37)20(32)35)12-19(18)14-2-4-17(25)5-3-14/h2-5,8-10,18-19H,6-7,11-12H2,1H3,(H2,32,35)/t18?,19-/m0/s1. The van der Waals surface area contributed by atoms with Crippen molar-refractivity contribution in [3.05, 3.63) is 70.5 Å². The molecule has 0 bridgehead atoms. The average Bonchev–Trinajstić information content (AvgIpc) is 2.81. The molecule has 3 amide bonds. The number of nitrogens with two attached hydrogens (primary N) is 1. The van der Waals surface area contributed by atoms with E-state index in [-0.39, 0.29) is 31.1 Å². The molecular formula is C24H22F7N3O3. The monoisotopic (exact) mass is 533 g/mol. The third-order valence-corrected chi connectivity index (χ3v) is 6.17. The van der Waals surface area contributed by atoms with Crippen LogP contribution in [0.5, 0.6) is 0 Å². The molecule has 6 nitrogen and oxygen atoms in total. The van der Waals surface area contributed by atoms with Gasteiger partial charge in [-0.05, 0) is 47.9 Å². The minimum absolute atomic E-state index is 0.00134. The van der Waals surface area contributed by atoms with E-state index in [0.717, 1.165) is 21.9 Å². The topological polar surface area (TPSA) is 83.7 Å². The van der Waals surface area contributed by atoms with Gasteiger partial charge in [0.25, 0.3) is 0 Å². The first-order valence-electron chi connectivity index (χ1n) is 11.0. The molecule has 2 N–H and O–H groups in total. The van der Waals surface area contributed by atoms with Gasteiger partial charge in [-0.3, -0.25) is 14.4 Å². The lowest BCUT2D eigenvalue weighted by Gasteiger charge is -2.39. The van der Waals surface area contributed by atoms with Crippen molar-refractivity contribution >= 4 is 17.7 Å². The number of carbonyl (C=O) groups excluding carboxylic acids is 3. The van der Waals surface area contributed by atoms with Crippen LogP contribution in [0.25, 0.3) is 0 Å². The number of likely N-dealkylation sites (tertiary alicyclic amines) is 1. The summed E-state index contributed by atoms with van der Waals surface area (Å²) in [6.45, 7) is -0.715. The van der Waals surface area contributed by atoms with Gasteiger partial charge in [-0.1, -0.05) is 12.1 Å². The number of nitrogens with zero attached hydrogens (tertiary/aromatic N) is 2. The predicted octanol–water partition coefficient (Wildman–Crippen LogP) is 3.94. The molecule has 1 unspecified atom stereocenters. The molecule has 2 aromatic rings. The van der Waals surface area contributed by atoms with Crippen molar-refractivity contribution in [1.29, 1.82) is 0 Å². The van der Waals surface area contributed by atoms with E-state index in [1.54, 1.807) is 0 Å². The van der Waals surface area contributed by atoms with Crippen LogP contribution in [0.3, 0.4) is 0 Å². The van der Waals surface area contributed by atoms with Crippen molar-refractivity contribution in [2.24, 2.45) is 11.7 Å². The Morgan fingerprint density at radius 3 is 2.00 bits per heavy atom. The first-order chi connectivity index (χ1) is 17.1. The largest absolute Gasteiger partial charge is 0.416 e. The summed E-state index contributed by atoms with van der Waals surface area (Å²) in [7, 11) is 1.23. The summed E-state index contributed by atoms with van der Waals surface area (Å²) in [5, 5.41) is 0. The zero-order valence-electron chi connectivity index (χ0n) is 19.4. The summed E-state index contributed by atoms with van der Waals surface area (Å²) >= 11 is 0. The summed E-state index contributed by atoms with van der Waals surface area (Å²) in [6, 6.07) is 6.14. The van der Waals surface area contributed by atoms with Crippen LogP contribution >= 0.6 is 0 Å². The molecule has 0 radical (unpaired) electrons. The van der Waals surface area contributed by atoms with Crippen LogP contribution in [-0.2, 0) is 33.3 Å². The maximum absolute atomic E-state index is 13.5. The molecule has 2 atom stereocenters. The number of primary amides is 1. The Kier molecular flexibility index (Phi) is 7.84. The molecular weight excluding hydrogens is 511 g/mol. The number of hydrogen-bond donors (Lipinski definition) is 1. The lowest BCUT2D eigenvalue weighted by Crippen LogP contribution is -2.50. The number of hydrogen-bond acceptors (Lipinski definition) is 3. The molecule has 0 aliphatic carbocycles. The van der Waals surface area contributed by atoms with Crippen LogP contribution in [-0.4, -0.2) is 47.7 Å². The van der Waals surface area contributed by atoms with Crippen LogP contribution < -0.4 is 5.73 Å². The first-order valence-corrected chi connectivity index (χ1v) is 11.0. The average molecular weight is 533 g/mol. The Balaban J connectivity index is 1.90. The second-order valence-electron chi connectivity index (χ2n) is 8.78. The lowest BCUT2D eigenvalue weighted by molar-refractivity contribution is -0.147. The van der Waals surface area contributed by atoms with Crippen LogP contribution in [0.1, 0.15) is 34.6 Å². The molecule has 13 heteroatoms. The van der Waals surface area contributed by atoms with Crippen molar-refractivity contribution in [3.8, 4) is 0 Å². The van der Waals surface area contributed by atoms with Gasteiger partial charge in [0, 0.05) is 38.5 Å². The van der Waals surface area contributed by atoms with Crippen LogP contribution in [0, 0.1) is 11.7 Å². The van der Waals surface area contributed by atoms with Gasteiger partial charge in [-0.2, -0.15) is 26.3 Å². The van der Waals surface area contributed by atoms with E-state index in [9.17, 15) is 45.1 Å². The van der Waals surface area contributed by atoms with Crippen molar-refractivity contribution in [3.63, 3.8) is 0 Å². The number of piperidine rings is 1. The van der Waals surface area contributed by atoms with Gasteiger partial charge in [-0.15, -0.1) is 0 Å². The first kappa shape index (κ1) is 27.9. The molecule has 2 aromatic carbocycles. The predicted molar refractivity (Wildman–Crippen MR) is 116 cm³/mol. The second-order valence-corrected chi connectivity index (χ2v) is 8.78. The Bertz CT molecular complexity index is 1150. The van der Waals surface area contributed by atoms with Gasteiger partial charge in [0.2, 0.25) is 5.91 Å². The summed E-state index contributed by atoms with van der Waals surface area (Å²) < 4.78 is 92.7. The number of benzene rings is 2. The zero-order valence-corrected chi connectivity index (χ0v) is 19.4. The number of alkyl halides is 6. The quantitative estimate of drug-likeness (QED) is 0.478. The van der Waals surface area contributed by atoms with E-state index in [4.69, 9.17) is 5.73 Å². The highest BCUT2D eigenvalue weighted by Gasteiger charge is 2.40. The van der Waals surface area contributed by atoms with Crippen molar-refractivity contribution in [2.75, 3.05) is 20.1 Å². The molecule has 0 spiro atoms. The van der Waals surface area contributed by atoms with Crippen LogP contribution in [0.15, 0.2) is 42.5 Å². The van der Waals surface area contributed by atoms with E-state index in [1.165, 1.54) is 19.2 Å². The molecule has 200 valence electrons. The molecule has 1 saturated heterocycles. The molecule has 3 rings (SSSR count). The SMILES string of the molecule is CN(Cc1cc(C(F)(F)F)cc(C(F)(F)F)c1)C(=O)C1CCN(C(=O)C(N)=O)C[C@H]1c1ccc(F)cc1. The summed E-state index contributed by atoms with van der Waals surface area (Å²) in [5.41, 5.74) is 2.15. The number of rotatable bonds is 4. The van der Waals surface area contributed by atoms with Crippen molar-refractivity contribution in [2.45, 2.75) is 31.2 Å². The van der Waals surface area contributed by atoms with Crippen molar-refractivity contribution < 1.29 is 45.1 Å². The van der Waals surface area contributed by atoms with Gasteiger partial charge >= 0.3 is 24.2 Å². The number of amides is 3. The summed E-state index contributed by atoms with van der Waals surface area (Å²) in [6.07, 6.45) is -10.0. The highest BCUT2D eigenvalue weighted by atomic mass is 19.4. The highest BCUT2D eigenvalue weighted by Crippen LogP contribution is 2.37. The van der Waals surface area contributed by atoms with E-state index >= 15 is 0 Å². The van der Waals surface area contributed by atoms with Crippen LogP contribution in [0.2, 0.25) is 0 Å². The maximum atomic E-state index is 13.5. The van der Waals surface area contributed by atoms with Gasteiger partial charge in [0.15, 0.2) is 0 Å². The summed E-state index contributed by atoms with van der Waals surface area (Å²) in [4.78, 5) is 39.0. The maximum Gasteiger partial charge on any atom is 0.416 e. The minimum Gasteiger partial charge on any atom is -0.361 e. The van der Waals surface area contributed by atoms with Gasteiger partial charge in [0.05, 0.1) is 11.1 Å². The van der Waals surface area contributed by atoms with Gasteiger partial charge < -0.3 is 15.5 Å². The molecule has 1 aliphatic heterocycles. The molecule has 1 heterocycles. The Hall–Kier alpha value is -3.64. The molecule has 1 aliphatic rings. The number of halogens is 7. The third kappa shape index (κ3) is 6.57. The molecule has 37 heavy (non-hydrogen) atoms. The fourth-order valence-corrected chi connectivity index (χ4v) is 4.38. The van der Waals surface area contributed by atoms with E-state index in [1.807, 2.05) is 0 Å². The fourth-order valence-electron chi connectivity index (χ4n) is 4.38. The lowest BCUT2D eigenvalue weighted by atomic mass is 9.79.